The largest absolute Gasteiger partial charge is 0.618 e. The van der Waals surface area contributed by atoms with Crippen molar-refractivity contribution in [2.45, 2.75) is 20.4 Å². The first-order chi connectivity index (χ1) is 6.24. The van der Waals surface area contributed by atoms with Crippen molar-refractivity contribution in [3.8, 4) is 0 Å². The van der Waals surface area contributed by atoms with Gasteiger partial charge in [-0.3, -0.25) is 4.68 Å². The molecule has 0 unspecified atom stereocenters. The molecule has 0 aliphatic carbocycles. The van der Waals surface area contributed by atoms with Crippen LogP contribution in [0.5, 0.6) is 0 Å². The zero-order valence-corrected chi connectivity index (χ0v) is 7.69. The highest BCUT2D eigenvalue weighted by Gasteiger charge is 2.13. The fourth-order valence-corrected chi connectivity index (χ4v) is 1.54. The van der Waals surface area contributed by atoms with E-state index in [1.54, 1.807) is 6.07 Å². The molecule has 13 heavy (non-hydrogen) atoms. The molecule has 4 nitrogen and oxygen atoms in total. The molecule has 2 aromatic rings. The van der Waals surface area contributed by atoms with Crippen LogP contribution in [0, 0.1) is 12.1 Å². The number of fused-ring (bicyclic) bond motifs is 1. The Morgan fingerprint density at radius 1 is 1.62 bits per heavy atom. The third kappa shape index (κ3) is 1.06. The highest BCUT2D eigenvalue weighted by Crippen LogP contribution is 2.12. The van der Waals surface area contributed by atoms with Crippen LogP contribution in [0.4, 0.5) is 0 Å². The number of aromatic nitrogens is 3. The lowest BCUT2D eigenvalue weighted by Crippen LogP contribution is -2.26. The maximum atomic E-state index is 11.4. The summed E-state index contributed by atoms with van der Waals surface area (Å²) in [7, 11) is 0. The minimum atomic E-state index is 0.671. The Kier molecular flexibility index (Phi) is 1.69. The number of hydrogen-bond acceptors (Lipinski definition) is 2. The van der Waals surface area contributed by atoms with Crippen molar-refractivity contribution in [2.24, 2.45) is 0 Å². The molecule has 0 aliphatic rings. The molecule has 0 N–H and O–H groups in total. The van der Waals surface area contributed by atoms with E-state index in [1.165, 1.54) is 6.20 Å². The number of hydrogen-bond donors (Lipinski definition) is 0. The molecule has 0 atom stereocenters. The highest BCUT2D eigenvalue weighted by atomic mass is 16.5. The molecule has 0 fully saturated rings. The molecule has 2 heterocycles. The SMILES string of the molecule is CCn1nc2ccc[n+]([O-])c2c1C. The van der Waals surface area contributed by atoms with E-state index in [2.05, 4.69) is 5.10 Å². The zero-order valence-electron chi connectivity index (χ0n) is 7.69. The van der Waals surface area contributed by atoms with Crippen molar-refractivity contribution < 1.29 is 4.73 Å². The molecule has 4 heteroatoms. The highest BCUT2D eigenvalue weighted by molar-refractivity contribution is 5.73. The minimum Gasteiger partial charge on any atom is -0.618 e. The second-order valence-electron chi connectivity index (χ2n) is 2.97. The summed E-state index contributed by atoms with van der Waals surface area (Å²) in [6, 6.07) is 3.56. The van der Waals surface area contributed by atoms with Gasteiger partial charge in [-0.05, 0) is 19.9 Å². The third-order valence-electron chi connectivity index (χ3n) is 2.20. The van der Waals surface area contributed by atoms with Gasteiger partial charge in [0.1, 0.15) is 5.69 Å². The standard InChI is InChI=1S/C9H11N3O/c1-3-11-7(2)9-8(10-11)5-4-6-12(9)13/h4-6H,3H2,1-2H3. The smallest absolute Gasteiger partial charge is 0.265 e. The van der Waals surface area contributed by atoms with Crippen LogP contribution in [0.25, 0.3) is 11.0 Å². The van der Waals surface area contributed by atoms with E-state index in [1.807, 2.05) is 24.6 Å². The predicted octanol–water partition coefficient (Wildman–Crippen LogP) is 0.998. The summed E-state index contributed by atoms with van der Waals surface area (Å²) >= 11 is 0. The monoisotopic (exact) mass is 177 g/mol. The summed E-state index contributed by atoms with van der Waals surface area (Å²) in [5, 5.41) is 15.7. The summed E-state index contributed by atoms with van der Waals surface area (Å²) in [6.45, 7) is 4.71. The quantitative estimate of drug-likeness (QED) is 0.481. The van der Waals surface area contributed by atoms with Gasteiger partial charge in [0.2, 0.25) is 0 Å². The van der Waals surface area contributed by atoms with Gasteiger partial charge in [0.25, 0.3) is 5.52 Å². The Labute approximate surface area is 76.0 Å². The first kappa shape index (κ1) is 8.04. The van der Waals surface area contributed by atoms with Crippen LogP contribution in [-0.4, -0.2) is 9.78 Å². The van der Waals surface area contributed by atoms with Gasteiger partial charge in [-0.1, -0.05) is 0 Å². The average molecular weight is 177 g/mol. The van der Waals surface area contributed by atoms with Crippen molar-refractivity contribution >= 4 is 11.0 Å². The Morgan fingerprint density at radius 3 is 3.00 bits per heavy atom. The van der Waals surface area contributed by atoms with Crippen LogP contribution in [0.2, 0.25) is 0 Å². The normalized spacial score (nSPS) is 10.9. The van der Waals surface area contributed by atoms with E-state index in [9.17, 15) is 5.21 Å². The molecule has 0 aliphatic heterocycles. The van der Waals surface area contributed by atoms with Crippen LogP contribution in [0.15, 0.2) is 18.3 Å². The Hall–Kier alpha value is -1.58. The number of pyridine rings is 1. The topological polar surface area (TPSA) is 44.8 Å². The summed E-state index contributed by atoms with van der Waals surface area (Å²) in [5.74, 6) is 0. The molecule has 2 aromatic heterocycles. The van der Waals surface area contributed by atoms with Gasteiger partial charge in [-0.15, -0.1) is 0 Å². The van der Waals surface area contributed by atoms with Gasteiger partial charge in [0.05, 0.1) is 0 Å². The molecular formula is C9H11N3O. The lowest BCUT2D eigenvalue weighted by Gasteiger charge is -1.97. The van der Waals surface area contributed by atoms with Gasteiger partial charge in [-0.25, -0.2) is 0 Å². The van der Waals surface area contributed by atoms with Gasteiger partial charge in [0.15, 0.2) is 11.7 Å². The van der Waals surface area contributed by atoms with Gasteiger partial charge in [-0.2, -0.15) is 9.83 Å². The second-order valence-corrected chi connectivity index (χ2v) is 2.97. The molecule has 0 spiro atoms. The summed E-state index contributed by atoms with van der Waals surface area (Å²) in [5.41, 5.74) is 2.36. The van der Waals surface area contributed by atoms with Gasteiger partial charge in [0, 0.05) is 12.6 Å². The molecule has 0 bridgehead atoms. The van der Waals surface area contributed by atoms with Crippen LogP contribution in [0.1, 0.15) is 12.6 Å². The van der Waals surface area contributed by atoms with Crippen LogP contribution >= 0.6 is 0 Å². The molecule has 0 aromatic carbocycles. The van der Waals surface area contributed by atoms with E-state index in [0.717, 1.165) is 22.5 Å². The Morgan fingerprint density at radius 2 is 2.38 bits per heavy atom. The fraction of sp³-hybridized carbons (Fsp3) is 0.333. The summed E-state index contributed by atoms with van der Waals surface area (Å²) in [4.78, 5) is 0. The summed E-state index contributed by atoms with van der Waals surface area (Å²) < 4.78 is 2.70. The average Bonchev–Trinajstić information content (AvgIpc) is 2.44. The summed E-state index contributed by atoms with van der Waals surface area (Å²) in [6.07, 6.45) is 1.50. The fourth-order valence-electron chi connectivity index (χ4n) is 1.54. The third-order valence-corrected chi connectivity index (χ3v) is 2.20. The predicted molar refractivity (Wildman–Crippen MR) is 49.1 cm³/mol. The number of aryl methyl sites for hydroxylation is 2. The number of nitrogens with zero attached hydrogens (tertiary/aromatic N) is 3. The molecule has 0 amide bonds. The van der Waals surface area contributed by atoms with Crippen LogP contribution < -0.4 is 4.73 Å². The van der Waals surface area contributed by atoms with Crippen LogP contribution in [0.3, 0.4) is 0 Å². The maximum Gasteiger partial charge on any atom is 0.265 e. The minimum absolute atomic E-state index is 0.671. The van der Waals surface area contributed by atoms with Crippen molar-refractivity contribution in [3.63, 3.8) is 0 Å². The van der Waals surface area contributed by atoms with E-state index in [-0.39, 0.29) is 0 Å². The Balaban J connectivity index is 2.85. The lowest BCUT2D eigenvalue weighted by molar-refractivity contribution is -0.577. The van der Waals surface area contributed by atoms with E-state index >= 15 is 0 Å². The van der Waals surface area contributed by atoms with Gasteiger partial charge < -0.3 is 5.21 Å². The first-order valence-corrected chi connectivity index (χ1v) is 4.29. The molecule has 2 rings (SSSR count). The van der Waals surface area contributed by atoms with Crippen LogP contribution in [-0.2, 0) is 6.54 Å². The molecular weight excluding hydrogens is 166 g/mol. The molecule has 68 valence electrons. The first-order valence-electron chi connectivity index (χ1n) is 4.29. The zero-order chi connectivity index (χ0) is 9.42. The van der Waals surface area contributed by atoms with Crippen molar-refractivity contribution in [1.29, 1.82) is 0 Å². The van der Waals surface area contributed by atoms with E-state index < -0.39 is 0 Å². The van der Waals surface area contributed by atoms with Crippen molar-refractivity contribution in [2.75, 3.05) is 0 Å². The van der Waals surface area contributed by atoms with Crippen molar-refractivity contribution in [1.82, 2.24) is 9.78 Å². The second kappa shape index (κ2) is 2.73. The van der Waals surface area contributed by atoms with Gasteiger partial charge >= 0.3 is 0 Å². The molecule has 0 saturated carbocycles. The molecule has 0 radical (unpaired) electrons. The van der Waals surface area contributed by atoms with Crippen molar-refractivity contribution in [3.05, 3.63) is 29.2 Å². The lowest BCUT2D eigenvalue weighted by atomic mass is 10.3. The van der Waals surface area contributed by atoms with E-state index in [4.69, 9.17) is 0 Å². The maximum absolute atomic E-state index is 11.4. The Bertz CT molecular complexity index is 447. The molecule has 0 saturated heterocycles. The number of rotatable bonds is 1. The van der Waals surface area contributed by atoms with E-state index in [0.29, 0.717) is 5.52 Å².